The third-order valence-electron chi connectivity index (χ3n) is 6.66. The lowest BCUT2D eigenvalue weighted by molar-refractivity contribution is -0.136. The van der Waals surface area contributed by atoms with Gasteiger partial charge in [-0.05, 0) is 32.1 Å². The quantitative estimate of drug-likeness (QED) is 0.837. The summed E-state index contributed by atoms with van der Waals surface area (Å²) in [6, 6.07) is 1.90. The van der Waals surface area contributed by atoms with Crippen molar-refractivity contribution in [3.05, 3.63) is 33.4 Å². The summed E-state index contributed by atoms with van der Waals surface area (Å²) in [5, 5.41) is 3.24. The van der Waals surface area contributed by atoms with Crippen LogP contribution in [0.4, 0.5) is 0 Å². The number of rotatable bonds is 3. The molecule has 2 aliphatic heterocycles. The number of piperidine rings is 1. The summed E-state index contributed by atoms with van der Waals surface area (Å²) in [5.74, 6) is 0.409. The number of nitrogens with one attached hydrogen (secondary N) is 1. The molecule has 1 aliphatic carbocycles. The van der Waals surface area contributed by atoms with E-state index >= 15 is 0 Å². The molecule has 3 aliphatic rings. The van der Waals surface area contributed by atoms with Crippen LogP contribution < -0.4 is 5.56 Å². The monoisotopic (exact) mass is 411 g/mol. The maximum Gasteiger partial charge on any atom is 0.277 e. The molecule has 1 N–H and O–H groups in total. The summed E-state index contributed by atoms with van der Waals surface area (Å²) < 4.78 is 1.49. The fourth-order valence-electron chi connectivity index (χ4n) is 4.81. The van der Waals surface area contributed by atoms with Crippen molar-refractivity contribution in [3.63, 3.8) is 0 Å². The highest BCUT2D eigenvalue weighted by Crippen LogP contribution is 2.37. The number of likely N-dealkylation sites (tertiary alicyclic amines) is 1. The predicted octanol–water partition coefficient (Wildman–Crippen LogP) is 2.03. The third-order valence-corrected chi connectivity index (χ3v) is 6.66. The second-order valence-corrected chi connectivity index (χ2v) is 9.23. The zero-order chi connectivity index (χ0) is 21.0. The molecule has 4 heterocycles. The second-order valence-electron chi connectivity index (χ2n) is 9.23. The van der Waals surface area contributed by atoms with Crippen LogP contribution in [0.1, 0.15) is 68.9 Å². The van der Waals surface area contributed by atoms with E-state index in [9.17, 15) is 14.4 Å². The number of aromatic amines is 1. The molecule has 2 amide bonds. The van der Waals surface area contributed by atoms with Crippen molar-refractivity contribution in [2.75, 3.05) is 13.1 Å². The summed E-state index contributed by atoms with van der Waals surface area (Å²) in [6.07, 6.45) is 5.58. The van der Waals surface area contributed by atoms with Crippen LogP contribution in [0.25, 0.3) is 5.65 Å². The number of fused-ring (bicyclic) bond motifs is 2. The van der Waals surface area contributed by atoms with Gasteiger partial charge >= 0.3 is 0 Å². The van der Waals surface area contributed by atoms with Crippen LogP contribution in [0.5, 0.6) is 0 Å². The van der Waals surface area contributed by atoms with Crippen LogP contribution in [-0.2, 0) is 22.6 Å². The molecule has 8 nitrogen and oxygen atoms in total. The Morgan fingerprint density at radius 1 is 1.17 bits per heavy atom. The van der Waals surface area contributed by atoms with Crippen LogP contribution in [-0.4, -0.2) is 49.3 Å². The first-order valence-electron chi connectivity index (χ1n) is 11.2. The maximum atomic E-state index is 13.2. The molecule has 1 atom stereocenters. The number of hydrogen-bond donors (Lipinski definition) is 1. The van der Waals surface area contributed by atoms with Crippen molar-refractivity contribution in [1.82, 2.24) is 24.4 Å². The average molecular weight is 412 g/mol. The van der Waals surface area contributed by atoms with Crippen LogP contribution in [0.15, 0.2) is 10.9 Å². The Morgan fingerprint density at radius 3 is 2.70 bits per heavy atom. The number of hydrogen-bond acceptors (Lipinski definition) is 4. The van der Waals surface area contributed by atoms with Gasteiger partial charge in [0.1, 0.15) is 0 Å². The van der Waals surface area contributed by atoms with Crippen molar-refractivity contribution in [3.8, 4) is 0 Å². The van der Waals surface area contributed by atoms with Gasteiger partial charge in [-0.3, -0.25) is 19.5 Å². The van der Waals surface area contributed by atoms with E-state index in [0.717, 1.165) is 50.0 Å². The number of amides is 2. The fourth-order valence-corrected chi connectivity index (χ4v) is 4.81. The molecule has 1 saturated heterocycles. The highest BCUT2D eigenvalue weighted by Gasteiger charge is 2.38. The molecule has 2 aromatic heterocycles. The molecule has 160 valence electrons. The van der Waals surface area contributed by atoms with Gasteiger partial charge in [-0.1, -0.05) is 13.8 Å². The van der Waals surface area contributed by atoms with Crippen molar-refractivity contribution in [1.29, 1.82) is 0 Å². The fraction of sp³-hybridized carbons (Fsp3) is 0.636. The van der Waals surface area contributed by atoms with Crippen molar-refractivity contribution < 1.29 is 9.59 Å². The molecule has 0 radical (unpaired) electrons. The molecule has 2 fully saturated rings. The third kappa shape index (κ3) is 3.22. The summed E-state index contributed by atoms with van der Waals surface area (Å²) in [5.41, 5.74) is 2.72. The van der Waals surface area contributed by atoms with Gasteiger partial charge in [0.25, 0.3) is 5.56 Å². The van der Waals surface area contributed by atoms with E-state index in [2.05, 4.69) is 5.10 Å². The van der Waals surface area contributed by atoms with Crippen LogP contribution in [0.3, 0.4) is 0 Å². The van der Waals surface area contributed by atoms with Gasteiger partial charge in [0.15, 0.2) is 5.65 Å². The van der Waals surface area contributed by atoms with E-state index in [0.29, 0.717) is 30.7 Å². The largest absolute Gasteiger partial charge is 0.337 e. The number of carbonyl (C=O) groups excluding carboxylic acids is 2. The summed E-state index contributed by atoms with van der Waals surface area (Å²) in [4.78, 5) is 46.9. The molecule has 1 unspecified atom stereocenters. The summed E-state index contributed by atoms with van der Waals surface area (Å²) in [7, 11) is 0. The number of aromatic nitrogens is 3. The van der Waals surface area contributed by atoms with Crippen LogP contribution >= 0.6 is 0 Å². The molecule has 5 rings (SSSR count). The van der Waals surface area contributed by atoms with E-state index in [1.54, 1.807) is 4.90 Å². The average Bonchev–Trinajstić information content (AvgIpc) is 3.52. The number of nitrogens with zero attached hydrogens (tertiary/aromatic N) is 4. The lowest BCUT2D eigenvalue weighted by atomic mass is 9.98. The minimum absolute atomic E-state index is 0.0241. The lowest BCUT2D eigenvalue weighted by Gasteiger charge is -2.35. The Morgan fingerprint density at radius 2 is 1.97 bits per heavy atom. The first kappa shape index (κ1) is 19.3. The zero-order valence-corrected chi connectivity index (χ0v) is 17.7. The van der Waals surface area contributed by atoms with Gasteiger partial charge in [-0.2, -0.15) is 0 Å². The zero-order valence-electron chi connectivity index (χ0n) is 17.7. The molecular weight excluding hydrogens is 382 g/mol. The van der Waals surface area contributed by atoms with E-state index < -0.39 is 0 Å². The Bertz CT molecular complexity index is 1060. The Labute approximate surface area is 175 Å². The van der Waals surface area contributed by atoms with E-state index in [4.69, 9.17) is 4.98 Å². The van der Waals surface area contributed by atoms with E-state index in [-0.39, 0.29) is 35.3 Å². The molecule has 0 bridgehead atoms. The van der Waals surface area contributed by atoms with Gasteiger partial charge in [0, 0.05) is 37.4 Å². The second kappa shape index (κ2) is 7.25. The molecule has 0 aromatic carbocycles. The molecule has 2 aromatic rings. The van der Waals surface area contributed by atoms with E-state index in [1.807, 2.05) is 24.8 Å². The molecule has 1 saturated carbocycles. The molecule has 30 heavy (non-hydrogen) atoms. The normalized spacial score (nSPS) is 21.9. The molecule has 8 heteroatoms. The van der Waals surface area contributed by atoms with Crippen LogP contribution in [0.2, 0.25) is 0 Å². The van der Waals surface area contributed by atoms with Gasteiger partial charge in [-0.15, -0.1) is 0 Å². The number of carbonyl (C=O) groups is 2. The highest BCUT2D eigenvalue weighted by atomic mass is 16.2. The van der Waals surface area contributed by atoms with Gasteiger partial charge < -0.3 is 9.80 Å². The van der Waals surface area contributed by atoms with Crippen LogP contribution in [0, 0.1) is 11.8 Å². The van der Waals surface area contributed by atoms with Gasteiger partial charge in [-0.25, -0.2) is 9.50 Å². The topological polar surface area (TPSA) is 90.8 Å². The Balaban J connectivity index is 1.49. The molecule has 0 spiro atoms. The van der Waals surface area contributed by atoms with E-state index in [1.165, 1.54) is 4.52 Å². The minimum Gasteiger partial charge on any atom is -0.337 e. The van der Waals surface area contributed by atoms with Gasteiger partial charge in [0.2, 0.25) is 11.8 Å². The minimum atomic E-state index is -0.140. The molecular formula is C22H29N5O3. The number of H-pyrrole nitrogens is 1. The highest BCUT2D eigenvalue weighted by molar-refractivity contribution is 5.81. The maximum absolute atomic E-state index is 13.2. The smallest absolute Gasteiger partial charge is 0.277 e. The van der Waals surface area contributed by atoms with Crippen molar-refractivity contribution in [2.45, 2.75) is 65.0 Å². The SMILES string of the molecule is CC(C)C(=O)N1CCc2nc3cc(C4CCCCN4C(=O)C4CC4)[nH]n3c(=O)c2C1. The van der Waals surface area contributed by atoms with Crippen molar-refractivity contribution >= 4 is 17.5 Å². The Hall–Kier alpha value is -2.64. The lowest BCUT2D eigenvalue weighted by Crippen LogP contribution is -2.42. The summed E-state index contributed by atoms with van der Waals surface area (Å²) >= 11 is 0. The van der Waals surface area contributed by atoms with Gasteiger partial charge in [0.05, 0.1) is 29.5 Å². The predicted molar refractivity (Wildman–Crippen MR) is 111 cm³/mol. The Kier molecular flexibility index (Phi) is 4.67. The summed E-state index contributed by atoms with van der Waals surface area (Å²) in [6.45, 7) is 5.44. The van der Waals surface area contributed by atoms with Crippen molar-refractivity contribution in [2.24, 2.45) is 11.8 Å². The first-order chi connectivity index (χ1) is 14.4. The standard InChI is InChI=1S/C22H29N5O3/c1-13(2)20(28)25-10-8-16-15(12-25)22(30)27-19(23-16)11-17(24-27)18-5-3-4-9-26(18)21(29)14-6-7-14/h11,13-14,18,24H,3-10,12H2,1-2H3. The first-order valence-corrected chi connectivity index (χ1v) is 11.2.